The number of alkyl halides is 2. The molecule has 1 aliphatic heterocycles. The van der Waals surface area contributed by atoms with Gasteiger partial charge in [-0.05, 0) is 53.4 Å². The summed E-state index contributed by atoms with van der Waals surface area (Å²) in [6, 6.07) is 20.2. The minimum atomic E-state index is -1.30. The van der Waals surface area contributed by atoms with Gasteiger partial charge in [0.1, 0.15) is 15.8 Å². The minimum Gasteiger partial charge on any atom is -0.326 e. The lowest BCUT2D eigenvalue weighted by Crippen LogP contribution is -2.57. The number of hydrogen-bond donors (Lipinski definition) is 2. The van der Waals surface area contributed by atoms with Crippen LogP contribution in [0.4, 0.5) is 11.4 Å². The van der Waals surface area contributed by atoms with E-state index >= 15 is 0 Å². The highest BCUT2D eigenvalue weighted by atomic mass is 35.5. The van der Waals surface area contributed by atoms with Crippen molar-refractivity contribution < 1.29 is 19.2 Å². The fourth-order valence-electron chi connectivity index (χ4n) is 6.27. The van der Waals surface area contributed by atoms with E-state index in [9.17, 15) is 19.2 Å². The van der Waals surface area contributed by atoms with Gasteiger partial charge in [0, 0.05) is 18.3 Å². The number of imide groups is 1. The lowest BCUT2D eigenvalue weighted by molar-refractivity contribution is -0.146. The van der Waals surface area contributed by atoms with Gasteiger partial charge in [-0.3, -0.25) is 24.1 Å². The van der Waals surface area contributed by atoms with E-state index in [0.29, 0.717) is 33.6 Å². The van der Waals surface area contributed by atoms with Crippen LogP contribution in [0.15, 0.2) is 72.8 Å². The van der Waals surface area contributed by atoms with E-state index in [1.54, 1.807) is 24.3 Å². The van der Waals surface area contributed by atoms with Crippen molar-refractivity contribution in [3.05, 3.63) is 95.1 Å². The Bertz CT molecular complexity index is 1420. The van der Waals surface area contributed by atoms with Crippen LogP contribution in [-0.2, 0) is 28.9 Å². The van der Waals surface area contributed by atoms with Gasteiger partial charge in [-0.1, -0.05) is 48.5 Å². The first-order valence-corrected chi connectivity index (χ1v) is 13.0. The molecular formula is C29H23Cl2N3O4. The first-order valence-electron chi connectivity index (χ1n) is 12.2. The van der Waals surface area contributed by atoms with Crippen molar-refractivity contribution in [2.75, 3.05) is 10.6 Å². The van der Waals surface area contributed by atoms with Crippen LogP contribution >= 0.6 is 23.2 Å². The molecule has 0 unspecified atom stereocenters. The molecule has 0 aromatic heterocycles. The topological polar surface area (TPSA) is 95.6 Å². The summed E-state index contributed by atoms with van der Waals surface area (Å²) in [6.45, 7) is 2.91. The summed E-state index contributed by atoms with van der Waals surface area (Å²) in [5, 5.41) is 5.40. The van der Waals surface area contributed by atoms with Gasteiger partial charge in [-0.15, -0.1) is 23.2 Å². The third kappa shape index (κ3) is 3.15. The second-order valence-electron chi connectivity index (χ2n) is 9.94. The van der Waals surface area contributed by atoms with Crippen molar-refractivity contribution in [3.63, 3.8) is 0 Å². The van der Waals surface area contributed by atoms with Crippen molar-refractivity contribution in [2.45, 2.75) is 29.6 Å². The SMILES string of the molecule is CC(=O)Nc1ccc(NC(=O)[C@H](C)N2C(=O)[C@@H]3[C@@H](C2=O)C2(Cl)c4ccccc4C3(Cl)c3ccccc32)cc1. The van der Waals surface area contributed by atoms with E-state index in [4.69, 9.17) is 23.2 Å². The molecule has 38 heavy (non-hydrogen) atoms. The fourth-order valence-corrected chi connectivity index (χ4v) is 7.37. The number of carbonyl (C=O) groups excluding carboxylic acids is 4. The number of halogens is 2. The molecule has 1 heterocycles. The first-order chi connectivity index (χ1) is 18.1. The molecule has 2 bridgehead atoms. The summed E-state index contributed by atoms with van der Waals surface area (Å²) in [5.41, 5.74) is 3.85. The third-order valence-electron chi connectivity index (χ3n) is 7.86. The lowest BCUT2D eigenvalue weighted by atomic mass is 9.54. The maximum Gasteiger partial charge on any atom is 0.247 e. The molecular weight excluding hydrogens is 525 g/mol. The Kier molecular flexibility index (Phi) is 5.46. The number of nitrogens with zero attached hydrogens (tertiary/aromatic N) is 1. The molecule has 7 nitrogen and oxygen atoms in total. The standard InChI is InChI=1S/C29H23Cl2N3O4/c1-15(25(36)33-18-13-11-17(12-14-18)32-16(2)35)34-26(37)23-24(27(34)38)29(31)20-8-4-3-7-19(20)28(23,30)21-9-5-6-10-22(21)29/h3-15,23-24H,1-2H3,(H,32,35)(H,33,36)/t15-,23-,24-,28?,29?/m0/s1. The maximum absolute atomic E-state index is 14.0. The molecule has 3 aromatic rings. The summed E-state index contributed by atoms with van der Waals surface area (Å²) >= 11 is 14.8. The van der Waals surface area contributed by atoms with Gasteiger partial charge in [0.2, 0.25) is 23.6 Å². The van der Waals surface area contributed by atoms with Gasteiger partial charge in [-0.25, -0.2) is 0 Å². The van der Waals surface area contributed by atoms with Gasteiger partial charge >= 0.3 is 0 Å². The third-order valence-corrected chi connectivity index (χ3v) is 9.14. The van der Waals surface area contributed by atoms with Crippen LogP contribution in [-0.4, -0.2) is 34.6 Å². The number of benzene rings is 3. The summed E-state index contributed by atoms with van der Waals surface area (Å²) in [4.78, 5) is 50.9. The fraction of sp³-hybridized carbons (Fsp3) is 0.241. The zero-order chi connectivity index (χ0) is 27.0. The number of likely N-dealkylation sites (tertiary alicyclic amines) is 1. The second-order valence-corrected chi connectivity index (χ2v) is 11.1. The zero-order valence-electron chi connectivity index (χ0n) is 20.5. The molecule has 3 aromatic carbocycles. The zero-order valence-corrected chi connectivity index (χ0v) is 22.0. The van der Waals surface area contributed by atoms with Crippen molar-refractivity contribution in [3.8, 4) is 0 Å². The molecule has 3 atom stereocenters. The number of carbonyl (C=O) groups is 4. The monoisotopic (exact) mass is 547 g/mol. The number of hydrogen-bond acceptors (Lipinski definition) is 4. The summed E-state index contributed by atoms with van der Waals surface area (Å²) < 4.78 is 0. The van der Waals surface area contributed by atoms with E-state index in [2.05, 4.69) is 10.6 Å². The van der Waals surface area contributed by atoms with E-state index in [-0.39, 0.29) is 5.91 Å². The average Bonchev–Trinajstić information content (AvgIpc) is 3.18. The Labute approximate surface area is 229 Å². The quantitative estimate of drug-likeness (QED) is 0.369. The molecule has 3 aliphatic carbocycles. The van der Waals surface area contributed by atoms with Crippen molar-refractivity contribution in [1.82, 2.24) is 4.90 Å². The maximum atomic E-state index is 14.0. The van der Waals surface area contributed by atoms with E-state index in [1.165, 1.54) is 13.8 Å². The Morgan fingerprint density at radius 3 is 1.47 bits per heavy atom. The highest BCUT2D eigenvalue weighted by Gasteiger charge is 2.73. The summed E-state index contributed by atoms with van der Waals surface area (Å²) in [5.74, 6) is -3.72. The molecule has 2 N–H and O–H groups in total. The first kappa shape index (κ1) is 24.6. The van der Waals surface area contributed by atoms with Crippen LogP contribution in [0, 0.1) is 11.8 Å². The molecule has 1 fully saturated rings. The largest absolute Gasteiger partial charge is 0.326 e. The minimum absolute atomic E-state index is 0.213. The van der Waals surface area contributed by atoms with Crippen LogP contribution in [0.25, 0.3) is 0 Å². The van der Waals surface area contributed by atoms with Crippen LogP contribution in [0.3, 0.4) is 0 Å². The number of amides is 4. The predicted octanol–water partition coefficient (Wildman–Crippen LogP) is 4.57. The predicted molar refractivity (Wildman–Crippen MR) is 144 cm³/mol. The highest BCUT2D eigenvalue weighted by molar-refractivity contribution is 6.36. The van der Waals surface area contributed by atoms with E-state index < -0.39 is 45.3 Å². The molecule has 7 rings (SSSR count). The van der Waals surface area contributed by atoms with Crippen LogP contribution in [0.2, 0.25) is 0 Å². The number of anilines is 2. The second kappa shape index (κ2) is 8.41. The van der Waals surface area contributed by atoms with Crippen LogP contribution < -0.4 is 10.6 Å². The van der Waals surface area contributed by atoms with Crippen molar-refractivity contribution in [1.29, 1.82) is 0 Å². The molecule has 1 saturated heterocycles. The molecule has 9 heteroatoms. The Balaban J connectivity index is 1.36. The van der Waals surface area contributed by atoms with Crippen molar-refractivity contribution in [2.24, 2.45) is 11.8 Å². The van der Waals surface area contributed by atoms with Gasteiger partial charge in [0.05, 0.1) is 11.8 Å². The van der Waals surface area contributed by atoms with E-state index in [1.807, 2.05) is 48.5 Å². The Morgan fingerprint density at radius 1 is 0.737 bits per heavy atom. The molecule has 0 spiro atoms. The molecule has 0 saturated carbocycles. The van der Waals surface area contributed by atoms with Gasteiger partial charge in [-0.2, -0.15) is 0 Å². The molecule has 4 amide bonds. The summed E-state index contributed by atoms with van der Waals surface area (Å²) in [7, 11) is 0. The Morgan fingerprint density at radius 2 is 1.11 bits per heavy atom. The number of nitrogens with one attached hydrogen (secondary N) is 2. The van der Waals surface area contributed by atoms with Crippen LogP contribution in [0.1, 0.15) is 36.1 Å². The van der Waals surface area contributed by atoms with Gasteiger partial charge in [0.25, 0.3) is 0 Å². The molecule has 4 aliphatic rings. The summed E-state index contributed by atoms with van der Waals surface area (Å²) in [6.07, 6.45) is 0. The van der Waals surface area contributed by atoms with Gasteiger partial charge < -0.3 is 10.6 Å². The van der Waals surface area contributed by atoms with E-state index in [0.717, 1.165) is 4.90 Å². The van der Waals surface area contributed by atoms with Gasteiger partial charge in [0.15, 0.2) is 0 Å². The average molecular weight is 548 g/mol. The molecule has 192 valence electrons. The Hall–Kier alpha value is -3.68. The number of rotatable bonds is 4. The van der Waals surface area contributed by atoms with Crippen LogP contribution in [0.5, 0.6) is 0 Å². The highest BCUT2D eigenvalue weighted by Crippen LogP contribution is 2.69. The lowest BCUT2D eigenvalue weighted by Gasteiger charge is -2.54. The smallest absolute Gasteiger partial charge is 0.247 e. The molecule has 0 radical (unpaired) electrons. The normalized spacial score (nSPS) is 27.3. The van der Waals surface area contributed by atoms with Crippen molar-refractivity contribution >= 4 is 58.2 Å².